The molecule has 1 fully saturated rings. The summed E-state index contributed by atoms with van der Waals surface area (Å²) in [4.78, 5) is 15.9. The predicted molar refractivity (Wildman–Crippen MR) is 95.8 cm³/mol. The van der Waals surface area contributed by atoms with Crippen molar-refractivity contribution in [1.82, 2.24) is 4.98 Å². The first-order valence-corrected chi connectivity index (χ1v) is 8.25. The zero-order valence-electron chi connectivity index (χ0n) is 13.7. The van der Waals surface area contributed by atoms with E-state index in [-0.39, 0.29) is 12.0 Å². The minimum atomic E-state index is -0.410. The predicted octanol–water partition coefficient (Wildman–Crippen LogP) is 3.46. The number of carbonyl (C=O) groups is 1. The van der Waals surface area contributed by atoms with Crippen LogP contribution in [0.15, 0.2) is 48.8 Å². The second-order valence-corrected chi connectivity index (χ2v) is 5.82. The summed E-state index contributed by atoms with van der Waals surface area (Å²) in [5, 5.41) is 5.69. The number of hydrogen-bond acceptors (Lipinski definition) is 4. The molecular weight excluding hydrogens is 321 g/mol. The van der Waals surface area contributed by atoms with E-state index >= 15 is 0 Å². The van der Waals surface area contributed by atoms with Crippen LogP contribution in [0.3, 0.4) is 0 Å². The van der Waals surface area contributed by atoms with Gasteiger partial charge in [0.05, 0.1) is 11.8 Å². The normalized spacial score (nSPS) is 16.9. The lowest BCUT2D eigenvalue weighted by molar-refractivity contribution is -0.111. The molecule has 1 aromatic carbocycles. The number of rotatable bonds is 6. The van der Waals surface area contributed by atoms with Crippen LogP contribution in [0.1, 0.15) is 18.4 Å². The van der Waals surface area contributed by atoms with Crippen molar-refractivity contribution >= 4 is 23.4 Å². The third-order valence-corrected chi connectivity index (χ3v) is 3.89. The summed E-state index contributed by atoms with van der Waals surface area (Å²) in [6.07, 6.45) is 8.52. The lowest BCUT2D eigenvalue weighted by Crippen LogP contribution is -2.19. The average Bonchev–Trinajstić information content (AvgIpc) is 3.14. The maximum atomic E-state index is 14.1. The maximum absolute atomic E-state index is 14.1. The SMILES string of the molecule is O=C(/C=C/c1cccnc1)Nc1ccc(NCC2CCCO2)c(F)c1. The number of aromatic nitrogens is 1. The number of halogens is 1. The van der Waals surface area contributed by atoms with Crippen LogP contribution in [0.25, 0.3) is 6.08 Å². The quantitative estimate of drug-likeness (QED) is 0.790. The molecule has 0 radical (unpaired) electrons. The zero-order valence-corrected chi connectivity index (χ0v) is 13.7. The van der Waals surface area contributed by atoms with Gasteiger partial charge in [-0.15, -0.1) is 0 Å². The highest BCUT2D eigenvalue weighted by Crippen LogP contribution is 2.20. The van der Waals surface area contributed by atoms with Crippen molar-refractivity contribution in [3.63, 3.8) is 0 Å². The van der Waals surface area contributed by atoms with Crippen LogP contribution in [0.2, 0.25) is 0 Å². The summed E-state index contributed by atoms with van der Waals surface area (Å²) in [7, 11) is 0. The van der Waals surface area contributed by atoms with Gasteiger partial charge in [-0.1, -0.05) is 6.07 Å². The minimum Gasteiger partial charge on any atom is -0.380 e. The molecule has 1 amide bonds. The molecule has 1 aromatic heterocycles. The first kappa shape index (κ1) is 17.1. The number of ether oxygens (including phenoxy) is 1. The largest absolute Gasteiger partial charge is 0.380 e. The molecule has 2 N–H and O–H groups in total. The molecule has 25 heavy (non-hydrogen) atoms. The molecular formula is C19H20FN3O2. The Balaban J connectivity index is 1.54. The molecule has 1 saturated heterocycles. The highest BCUT2D eigenvalue weighted by Gasteiger charge is 2.15. The number of amides is 1. The third-order valence-electron chi connectivity index (χ3n) is 3.89. The van der Waals surface area contributed by atoms with Gasteiger partial charge in [-0.05, 0) is 48.7 Å². The zero-order chi connectivity index (χ0) is 17.5. The van der Waals surface area contributed by atoms with Crippen molar-refractivity contribution in [2.75, 3.05) is 23.8 Å². The van der Waals surface area contributed by atoms with Crippen LogP contribution < -0.4 is 10.6 Å². The Hall–Kier alpha value is -2.73. The Bertz CT molecular complexity index is 744. The van der Waals surface area contributed by atoms with E-state index in [0.717, 1.165) is 25.0 Å². The van der Waals surface area contributed by atoms with Gasteiger partial charge in [-0.2, -0.15) is 0 Å². The Morgan fingerprint density at radius 3 is 3.04 bits per heavy atom. The fourth-order valence-electron chi connectivity index (χ4n) is 2.60. The summed E-state index contributed by atoms with van der Waals surface area (Å²) in [6.45, 7) is 1.35. The molecule has 0 bridgehead atoms. The van der Waals surface area contributed by atoms with Crippen molar-refractivity contribution in [2.45, 2.75) is 18.9 Å². The fraction of sp³-hybridized carbons (Fsp3) is 0.263. The summed E-state index contributed by atoms with van der Waals surface area (Å²) in [6, 6.07) is 8.20. The molecule has 1 aliphatic heterocycles. The topological polar surface area (TPSA) is 63.2 Å². The van der Waals surface area contributed by atoms with E-state index in [9.17, 15) is 9.18 Å². The van der Waals surface area contributed by atoms with Gasteiger partial charge < -0.3 is 15.4 Å². The molecule has 0 spiro atoms. The highest BCUT2D eigenvalue weighted by atomic mass is 19.1. The van der Waals surface area contributed by atoms with Gasteiger partial charge in [-0.25, -0.2) is 4.39 Å². The third kappa shape index (κ3) is 5.12. The number of anilines is 2. The number of carbonyl (C=O) groups excluding carboxylic acids is 1. The van der Waals surface area contributed by atoms with Gasteiger partial charge in [0, 0.05) is 37.3 Å². The molecule has 3 rings (SSSR count). The number of nitrogens with zero attached hydrogens (tertiary/aromatic N) is 1. The first-order valence-electron chi connectivity index (χ1n) is 8.25. The Kier molecular flexibility index (Phi) is 5.74. The van der Waals surface area contributed by atoms with Crippen LogP contribution in [0.5, 0.6) is 0 Å². The molecule has 2 heterocycles. The van der Waals surface area contributed by atoms with Crippen molar-refractivity contribution < 1.29 is 13.9 Å². The molecule has 0 saturated carbocycles. The Morgan fingerprint density at radius 2 is 2.32 bits per heavy atom. The molecule has 6 heteroatoms. The fourth-order valence-corrected chi connectivity index (χ4v) is 2.60. The summed E-state index contributed by atoms with van der Waals surface area (Å²) in [5.41, 5.74) is 1.62. The molecule has 1 unspecified atom stereocenters. The molecule has 5 nitrogen and oxygen atoms in total. The van der Waals surface area contributed by atoms with Gasteiger partial charge >= 0.3 is 0 Å². The van der Waals surface area contributed by atoms with E-state index in [0.29, 0.717) is 17.9 Å². The van der Waals surface area contributed by atoms with E-state index in [1.807, 2.05) is 6.07 Å². The lowest BCUT2D eigenvalue weighted by Gasteiger charge is -2.13. The standard InChI is InChI=1S/C19H20FN3O2/c20-17-11-15(6-7-18(17)22-13-16-4-2-10-25-16)23-19(24)8-5-14-3-1-9-21-12-14/h1,3,5-9,11-12,16,22H,2,4,10,13H2,(H,23,24)/b8-5+. The molecule has 0 aliphatic carbocycles. The number of nitrogens with one attached hydrogen (secondary N) is 2. The molecule has 1 atom stereocenters. The smallest absolute Gasteiger partial charge is 0.248 e. The summed E-state index contributed by atoms with van der Waals surface area (Å²) >= 11 is 0. The van der Waals surface area contributed by atoms with Gasteiger partial charge in [-0.3, -0.25) is 9.78 Å². The van der Waals surface area contributed by atoms with Crippen molar-refractivity contribution in [1.29, 1.82) is 0 Å². The maximum Gasteiger partial charge on any atom is 0.248 e. The van der Waals surface area contributed by atoms with Crippen LogP contribution >= 0.6 is 0 Å². The minimum absolute atomic E-state index is 0.136. The summed E-state index contributed by atoms with van der Waals surface area (Å²) in [5.74, 6) is -0.740. The number of benzene rings is 1. The highest BCUT2D eigenvalue weighted by molar-refractivity contribution is 6.01. The lowest BCUT2D eigenvalue weighted by atomic mass is 10.2. The van der Waals surface area contributed by atoms with Crippen LogP contribution in [-0.2, 0) is 9.53 Å². The van der Waals surface area contributed by atoms with Crippen LogP contribution in [0, 0.1) is 5.82 Å². The van der Waals surface area contributed by atoms with Crippen molar-refractivity contribution in [2.24, 2.45) is 0 Å². The van der Waals surface area contributed by atoms with Crippen LogP contribution in [0.4, 0.5) is 15.8 Å². The Labute approximate surface area is 145 Å². The van der Waals surface area contributed by atoms with E-state index in [1.165, 1.54) is 12.1 Å². The molecule has 1 aliphatic rings. The van der Waals surface area contributed by atoms with Crippen molar-refractivity contribution in [3.8, 4) is 0 Å². The number of hydrogen-bond donors (Lipinski definition) is 2. The van der Waals surface area contributed by atoms with E-state index in [2.05, 4.69) is 15.6 Å². The molecule has 130 valence electrons. The van der Waals surface area contributed by atoms with Crippen LogP contribution in [-0.4, -0.2) is 30.1 Å². The second-order valence-electron chi connectivity index (χ2n) is 5.82. The van der Waals surface area contributed by atoms with E-state index in [1.54, 1.807) is 36.7 Å². The Morgan fingerprint density at radius 1 is 1.40 bits per heavy atom. The monoisotopic (exact) mass is 341 g/mol. The number of pyridine rings is 1. The van der Waals surface area contributed by atoms with E-state index < -0.39 is 5.82 Å². The van der Waals surface area contributed by atoms with Gasteiger partial charge in [0.1, 0.15) is 5.82 Å². The van der Waals surface area contributed by atoms with E-state index in [4.69, 9.17) is 4.74 Å². The first-order chi connectivity index (χ1) is 12.2. The molecule has 2 aromatic rings. The average molecular weight is 341 g/mol. The summed E-state index contributed by atoms with van der Waals surface area (Å²) < 4.78 is 19.6. The van der Waals surface area contributed by atoms with Gasteiger partial charge in [0.15, 0.2) is 0 Å². The van der Waals surface area contributed by atoms with Gasteiger partial charge in [0.2, 0.25) is 5.91 Å². The van der Waals surface area contributed by atoms with Gasteiger partial charge in [0.25, 0.3) is 0 Å². The van der Waals surface area contributed by atoms with Crippen molar-refractivity contribution in [3.05, 3.63) is 60.2 Å². The second kappa shape index (κ2) is 8.39.